The summed E-state index contributed by atoms with van der Waals surface area (Å²) in [5.41, 5.74) is 5.95. The summed E-state index contributed by atoms with van der Waals surface area (Å²) in [4.78, 5) is 13.9. The second-order valence-electron chi connectivity index (χ2n) is 5.41. The SMILES string of the molecule is CC1CN(CC(=O)NCC2CC2)CCC1N. The molecule has 4 heteroatoms. The van der Waals surface area contributed by atoms with Crippen LogP contribution in [0.15, 0.2) is 0 Å². The predicted molar refractivity (Wildman–Crippen MR) is 63.9 cm³/mol. The minimum Gasteiger partial charge on any atom is -0.355 e. The third-order valence-electron chi connectivity index (χ3n) is 3.71. The zero-order valence-electron chi connectivity index (χ0n) is 10.1. The molecule has 1 aliphatic carbocycles. The zero-order valence-corrected chi connectivity index (χ0v) is 10.1. The monoisotopic (exact) mass is 225 g/mol. The summed E-state index contributed by atoms with van der Waals surface area (Å²) in [6, 6.07) is 0.311. The van der Waals surface area contributed by atoms with Gasteiger partial charge in [0, 0.05) is 25.7 Å². The average molecular weight is 225 g/mol. The third kappa shape index (κ3) is 3.46. The van der Waals surface area contributed by atoms with Gasteiger partial charge in [-0.05, 0) is 31.1 Å². The lowest BCUT2D eigenvalue weighted by Gasteiger charge is -2.34. The number of rotatable bonds is 4. The number of hydrogen-bond acceptors (Lipinski definition) is 3. The van der Waals surface area contributed by atoms with Crippen LogP contribution in [0.5, 0.6) is 0 Å². The van der Waals surface area contributed by atoms with Gasteiger partial charge in [-0.15, -0.1) is 0 Å². The fourth-order valence-electron chi connectivity index (χ4n) is 2.23. The van der Waals surface area contributed by atoms with Crippen molar-refractivity contribution in [2.45, 2.75) is 32.2 Å². The summed E-state index contributed by atoms with van der Waals surface area (Å²) in [5, 5.41) is 3.01. The number of amides is 1. The molecule has 0 aromatic rings. The molecule has 4 nitrogen and oxygen atoms in total. The lowest BCUT2D eigenvalue weighted by molar-refractivity contribution is -0.122. The molecule has 0 radical (unpaired) electrons. The first-order valence-corrected chi connectivity index (χ1v) is 6.40. The summed E-state index contributed by atoms with van der Waals surface area (Å²) < 4.78 is 0. The van der Waals surface area contributed by atoms with E-state index >= 15 is 0 Å². The Kier molecular flexibility index (Phi) is 3.82. The minimum atomic E-state index is 0.176. The van der Waals surface area contributed by atoms with Crippen LogP contribution in [0.2, 0.25) is 0 Å². The molecule has 2 unspecified atom stereocenters. The van der Waals surface area contributed by atoms with Gasteiger partial charge in [0.25, 0.3) is 0 Å². The molecule has 1 saturated heterocycles. The molecule has 2 fully saturated rings. The molecule has 0 spiro atoms. The Balaban J connectivity index is 1.65. The third-order valence-corrected chi connectivity index (χ3v) is 3.71. The Morgan fingerprint density at radius 1 is 1.44 bits per heavy atom. The van der Waals surface area contributed by atoms with Gasteiger partial charge in [0.05, 0.1) is 6.54 Å². The molecule has 3 N–H and O–H groups in total. The van der Waals surface area contributed by atoms with Gasteiger partial charge in [0.15, 0.2) is 0 Å². The van der Waals surface area contributed by atoms with Crippen molar-refractivity contribution < 1.29 is 4.79 Å². The van der Waals surface area contributed by atoms with E-state index in [1.54, 1.807) is 0 Å². The summed E-state index contributed by atoms with van der Waals surface area (Å²) in [5.74, 6) is 1.44. The Bertz CT molecular complexity index is 253. The molecule has 1 aliphatic heterocycles. The highest BCUT2D eigenvalue weighted by atomic mass is 16.2. The Morgan fingerprint density at radius 3 is 2.81 bits per heavy atom. The fourth-order valence-corrected chi connectivity index (χ4v) is 2.23. The van der Waals surface area contributed by atoms with Crippen molar-refractivity contribution in [2.75, 3.05) is 26.2 Å². The smallest absolute Gasteiger partial charge is 0.234 e. The molecule has 0 bridgehead atoms. The summed E-state index contributed by atoms with van der Waals surface area (Å²) >= 11 is 0. The number of carbonyl (C=O) groups is 1. The lowest BCUT2D eigenvalue weighted by Crippen LogP contribution is -2.49. The zero-order chi connectivity index (χ0) is 11.5. The van der Waals surface area contributed by atoms with E-state index < -0.39 is 0 Å². The summed E-state index contributed by atoms with van der Waals surface area (Å²) in [7, 11) is 0. The van der Waals surface area contributed by atoms with Gasteiger partial charge in [-0.3, -0.25) is 9.69 Å². The van der Waals surface area contributed by atoms with Gasteiger partial charge < -0.3 is 11.1 Å². The minimum absolute atomic E-state index is 0.176. The van der Waals surface area contributed by atoms with Crippen molar-refractivity contribution in [2.24, 2.45) is 17.6 Å². The standard InChI is InChI=1S/C12H23N3O/c1-9-7-15(5-4-11(9)13)8-12(16)14-6-10-2-3-10/h9-11H,2-8,13H2,1H3,(H,14,16). The van der Waals surface area contributed by atoms with E-state index in [-0.39, 0.29) is 5.91 Å². The Labute approximate surface area is 97.6 Å². The number of nitrogens with two attached hydrogens (primary N) is 1. The van der Waals surface area contributed by atoms with E-state index in [1.807, 2.05) is 0 Å². The average Bonchev–Trinajstić information content (AvgIpc) is 3.04. The van der Waals surface area contributed by atoms with Gasteiger partial charge in [0.1, 0.15) is 0 Å². The number of nitrogens with zero attached hydrogens (tertiary/aromatic N) is 1. The topological polar surface area (TPSA) is 58.4 Å². The van der Waals surface area contributed by atoms with Gasteiger partial charge in [-0.2, -0.15) is 0 Å². The maximum atomic E-state index is 11.6. The highest BCUT2D eigenvalue weighted by Gasteiger charge is 2.25. The van der Waals surface area contributed by atoms with Crippen LogP contribution in [-0.4, -0.2) is 43.0 Å². The largest absolute Gasteiger partial charge is 0.355 e. The molecular formula is C12H23N3O. The van der Waals surface area contributed by atoms with Crippen molar-refractivity contribution in [1.82, 2.24) is 10.2 Å². The maximum absolute atomic E-state index is 11.6. The molecular weight excluding hydrogens is 202 g/mol. The van der Waals surface area contributed by atoms with Crippen LogP contribution in [0, 0.1) is 11.8 Å². The molecule has 0 aromatic heterocycles. The molecule has 2 rings (SSSR count). The van der Waals surface area contributed by atoms with E-state index in [9.17, 15) is 4.79 Å². The normalized spacial score (nSPS) is 31.4. The second-order valence-corrected chi connectivity index (χ2v) is 5.41. The van der Waals surface area contributed by atoms with E-state index in [2.05, 4.69) is 17.1 Å². The van der Waals surface area contributed by atoms with Crippen LogP contribution in [0.4, 0.5) is 0 Å². The molecule has 1 amide bonds. The predicted octanol–water partition coefficient (Wildman–Crippen LogP) is 0.182. The van der Waals surface area contributed by atoms with Gasteiger partial charge >= 0.3 is 0 Å². The molecule has 1 heterocycles. The van der Waals surface area contributed by atoms with E-state index in [1.165, 1.54) is 12.8 Å². The van der Waals surface area contributed by atoms with Crippen molar-refractivity contribution >= 4 is 5.91 Å². The van der Waals surface area contributed by atoms with Crippen LogP contribution in [0.1, 0.15) is 26.2 Å². The molecule has 2 atom stereocenters. The number of piperidine rings is 1. The summed E-state index contributed by atoms with van der Waals surface area (Å²) in [6.45, 7) is 5.50. The molecule has 2 aliphatic rings. The first-order chi connectivity index (χ1) is 7.65. The van der Waals surface area contributed by atoms with Gasteiger partial charge in [0.2, 0.25) is 5.91 Å². The van der Waals surface area contributed by atoms with Crippen LogP contribution in [-0.2, 0) is 4.79 Å². The Morgan fingerprint density at radius 2 is 2.19 bits per heavy atom. The Hall–Kier alpha value is -0.610. The second kappa shape index (κ2) is 5.15. The van der Waals surface area contributed by atoms with Crippen molar-refractivity contribution in [3.63, 3.8) is 0 Å². The highest BCUT2D eigenvalue weighted by Crippen LogP contribution is 2.27. The van der Waals surface area contributed by atoms with Crippen LogP contribution in [0.3, 0.4) is 0 Å². The quantitative estimate of drug-likeness (QED) is 0.717. The van der Waals surface area contributed by atoms with Crippen LogP contribution >= 0.6 is 0 Å². The van der Waals surface area contributed by atoms with Crippen molar-refractivity contribution in [1.29, 1.82) is 0 Å². The van der Waals surface area contributed by atoms with Gasteiger partial charge in [-0.1, -0.05) is 6.92 Å². The fraction of sp³-hybridized carbons (Fsp3) is 0.917. The van der Waals surface area contributed by atoms with Gasteiger partial charge in [-0.25, -0.2) is 0 Å². The van der Waals surface area contributed by atoms with Crippen LogP contribution in [0.25, 0.3) is 0 Å². The number of carbonyl (C=O) groups excluding carboxylic acids is 1. The van der Waals surface area contributed by atoms with E-state index in [0.717, 1.165) is 32.0 Å². The highest BCUT2D eigenvalue weighted by molar-refractivity contribution is 5.78. The first kappa shape index (κ1) is 11.9. The summed E-state index contributed by atoms with van der Waals surface area (Å²) in [6.07, 6.45) is 3.59. The van der Waals surface area contributed by atoms with E-state index in [0.29, 0.717) is 18.5 Å². The van der Waals surface area contributed by atoms with Crippen molar-refractivity contribution in [3.05, 3.63) is 0 Å². The molecule has 1 saturated carbocycles. The maximum Gasteiger partial charge on any atom is 0.234 e. The molecule has 16 heavy (non-hydrogen) atoms. The first-order valence-electron chi connectivity index (χ1n) is 6.40. The molecule has 0 aromatic carbocycles. The lowest BCUT2D eigenvalue weighted by atomic mass is 9.95. The van der Waals surface area contributed by atoms with Crippen molar-refractivity contribution in [3.8, 4) is 0 Å². The van der Waals surface area contributed by atoms with Crippen LogP contribution < -0.4 is 11.1 Å². The number of likely N-dealkylation sites (tertiary alicyclic amines) is 1. The number of nitrogens with one attached hydrogen (secondary N) is 1. The number of hydrogen-bond donors (Lipinski definition) is 2. The molecule has 92 valence electrons. The van der Waals surface area contributed by atoms with E-state index in [4.69, 9.17) is 5.73 Å².